The van der Waals surface area contributed by atoms with Gasteiger partial charge in [0.1, 0.15) is 18.1 Å². The lowest BCUT2D eigenvalue weighted by molar-refractivity contribution is 0.102. The Balaban J connectivity index is 1.42. The summed E-state index contributed by atoms with van der Waals surface area (Å²) in [5.74, 6) is 1.47. The van der Waals surface area contributed by atoms with Crippen LogP contribution in [0.2, 0.25) is 0 Å². The van der Waals surface area contributed by atoms with Gasteiger partial charge >= 0.3 is 0 Å². The van der Waals surface area contributed by atoms with E-state index in [4.69, 9.17) is 9.15 Å². The minimum Gasteiger partial charge on any atom is -0.488 e. The first kappa shape index (κ1) is 18.9. The first-order valence-corrected chi connectivity index (χ1v) is 9.93. The highest BCUT2D eigenvalue weighted by Crippen LogP contribution is 2.25. The smallest absolute Gasteiger partial charge is 0.268 e. The number of hydrogen-bond donors (Lipinski definition) is 1. The number of hydrogen-bond acceptors (Lipinski definition) is 6. The Labute approximate surface area is 172 Å². The molecule has 0 atom stereocenters. The second kappa shape index (κ2) is 8.28. The monoisotopic (exact) mass is 405 g/mol. The molecule has 7 heteroatoms. The van der Waals surface area contributed by atoms with Gasteiger partial charge in [-0.05, 0) is 54.6 Å². The second-order valence-electron chi connectivity index (χ2n) is 6.53. The number of carbonyl (C=O) groups excluding carboxylic acids is 1. The Morgan fingerprint density at radius 2 is 2.00 bits per heavy atom. The van der Waals surface area contributed by atoms with Gasteiger partial charge in [-0.25, -0.2) is 9.97 Å². The molecule has 0 aliphatic rings. The van der Waals surface area contributed by atoms with Crippen molar-refractivity contribution in [2.45, 2.75) is 20.5 Å². The summed E-state index contributed by atoms with van der Waals surface area (Å²) in [4.78, 5) is 21.6. The van der Waals surface area contributed by atoms with Crippen molar-refractivity contribution < 1.29 is 13.9 Å². The summed E-state index contributed by atoms with van der Waals surface area (Å²) < 4.78 is 11.3. The number of carbonyl (C=O) groups is 1. The van der Waals surface area contributed by atoms with E-state index in [2.05, 4.69) is 15.3 Å². The molecule has 0 saturated heterocycles. The number of nitrogens with zero attached hydrogens (tertiary/aromatic N) is 2. The summed E-state index contributed by atoms with van der Waals surface area (Å²) in [6, 6.07) is 13.2. The van der Waals surface area contributed by atoms with Crippen LogP contribution in [0.15, 0.2) is 64.7 Å². The maximum Gasteiger partial charge on any atom is 0.268 e. The number of rotatable bonds is 6. The molecule has 0 unspecified atom stereocenters. The van der Waals surface area contributed by atoms with E-state index in [-0.39, 0.29) is 11.9 Å². The fourth-order valence-electron chi connectivity index (χ4n) is 2.90. The van der Waals surface area contributed by atoms with Crippen molar-refractivity contribution in [1.82, 2.24) is 9.97 Å². The zero-order valence-electron chi connectivity index (χ0n) is 16.0. The average molecular weight is 405 g/mol. The van der Waals surface area contributed by atoms with Gasteiger partial charge in [0.05, 0.1) is 11.1 Å². The van der Waals surface area contributed by atoms with Crippen LogP contribution in [0, 0.1) is 13.8 Å². The maximum absolute atomic E-state index is 12.6. The SMILES string of the molecule is Cc1cccc(C)c1OCc1csc(C(=O)Nc2nccc(-c3ccco3)n2)c1. The summed E-state index contributed by atoms with van der Waals surface area (Å²) in [5, 5.41) is 4.65. The quantitative estimate of drug-likeness (QED) is 0.474. The molecular weight excluding hydrogens is 386 g/mol. The van der Waals surface area contributed by atoms with E-state index < -0.39 is 0 Å². The predicted octanol–water partition coefficient (Wildman–Crippen LogP) is 5.25. The molecule has 29 heavy (non-hydrogen) atoms. The standard InChI is InChI=1S/C22H19N3O3S/c1-14-5-3-6-15(2)20(14)28-12-16-11-19(29-13-16)21(26)25-22-23-9-8-17(24-22)18-7-4-10-27-18/h3-11,13H,12H2,1-2H3,(H,23,24,25,26). The minimum absolute atomic E-state index is 0.227. The number of benzene rings is 1. The summed E-state index contributed by atoms with van der Waals surface area (Å²) in [5.41, 5.74) is 3.72. The number of para-hydroxylation sites is 1. The molecule has 0 radical (unpaired) electrons. The van der Waals surface area contributed by atoms with E-state index >= 15 is 0 Å². The molecule has 4 rings (SSSR count). The molecule has 0 spiro atoms. The highest BCUT2D eigenvalue weighted by molar-refractivity contribution is 7.12. The van der Waals surface area contributed by atoms with Crippen LogP contribution in [-0.4, -0.2) is 15.9 Å². The van der Waals surface area contributed by atoms with Crippen molar-refractivity contribution in [3.05, 3.63) is 81.9 Å². The normalized spacial score (nSPS) is 10.7. The number of aromatic nitrogens is 2. The molecule has 0 saturated carbocycles. The van der Waals surface area contributed by atoms with Crippen molar-refractivity contribution in [1.29, 1.82) is 0 Å². The van der Waals surface area contributed by atoms with Gasteiger partial charge in [0, 0.05) is 11.8 Å². The number of furan rings is 1. The lowest BCUT2D eigenvalue weighted by atomic mass is 10.1. The topological polar surface area (TPSA) is 77.2 Å². The van der Waals surface area contributed by atoms with E-state index in [1.165, 1.54) is 11.3 Å². The molecule has 0 fully saturated rings. The Bertz CT molecular complexity index is 1120. The van der Waals surface area contributed by atoms with Gasteiger partial charge in [-0.2, -0.15) is 0 Å². The number of amides is 1. The molecule has 3 heterocycles. The van der Waals surface area contributed by atoms with Gasteiger partial charge in [0.15, 0.2) is 5.76 Å². The van der Waals surface area contributed by atoms with Crippen molar-refractivity contribution >= 4 is 23.2 Å². The second-order valence-corrected chi connectivity index (χ2v) is 7.44. The van der Waals surface area contributed by atoms with E-state index in [9.17, 15) is 4.79 Å². The van der Waals surface area contributed by atoms with Crippen molar-refractivity contribution in [2.75, 3.05) is 5.32 Å². The number of anilines is 1. The first-order valence-electron chi connectivity index (χ1n) is 9.05. The van der Waals surface area contributed by atoms with Gasteiger partial charge < -0.3 is 9.15 Å². The van der Waals surface area contributed by atoms with Crippen molar-refractivity contribution in [3.63, 3.8) is 0 Å². The van der Waals surface area contributed by atoms with Crippen LogP contribution >= 0.6 is 11.3 Å². The van der Waals surface area contributed by atoms with Crippen LogP contribution in [0.3, 0.4) is 0 Å². The number of aryl methyl sites for hydroxylation is 2. The largest absolute Gasteiger partial charge is 0.488 e. The Morgan fingerprint density at radius 3 is 2.76 bits per heavy atom. The minimum atomic E-state index is -0.259. The summed E-state index contributed by atoms with van der Waals surface area (Å²) in [7, 11) is 0. The third-order valence-corrected chi connectivity index (χ3v) is 5.30. The first-order chi connectivity index (χ1) is 14.1. The van der Waals surface area contributed by atoms with E-state index in [1.54, 1.807) is 30.7 Å². The fourth-order valence-corrected chi connectivity index (χ4v) is 3.69. The van der Waals surface area contributed by atoms with Gasteiger partial charge in [-0.3, -0.25) is 10.1 Å². The molecular formula is C22H19N3O3S. The Kier molecular flexibility index (Phi) is 5.39. The zero-order chi connectivity index (χ0) is 20.2. The highest BCUT2D eigenvalue weighted by Gasteiger charge is 2.13. The fraction of sp³-hybridized carbons (Fsp3) is 0.136. The molecule has 146 valence electrons. The van der Waals surface area contributed by atoms with Crippen LogP contribution in [0.5, 0.6) is 5.75 Å². The zero-order valence-corrected chi connectivity index (χ0v) is 16.8. The molecule has 0 aliphatic carbocycles. The number of ether oxygens (including phenoxy) is 1. The molecule has 4 aromatic rings. The predicted molar refractivity (Wildman–Crippen MR) is 112 cm³/mol. The summed E-state index contributed by atoms with van der Waals surface area (Å²) in [6.45, 7) is 4.44. The molecule has 6 nitrogen and oxygen atoms in total. The van der Waals surface area contributed by atoms with Crippen LogP contribution in [0.4, 0.5) is 5.95 Å². The third kappa shape index (κ3) is 4.35. The number of thiophene rings is 1. The van der Waals surface area contributed by atoms with Crippen molar-refractivity contribution in [3.8, 4) is 17.2 Å². The molecule has 3 aromatic heterocycles. The van der Waals surface area contributed by atoms with Gasteiger partial charge in [0.25, 0.3) is 5.91 Å². The van der Waals surface area contributed by atoms with Crippen LogP contribution in [-0.2, 0) is 6.61 Å². The molecule has 1 aromatic carbocycles. The molecule has 0 bridgehead atoms. The van der Waals surface area contributed by atoms with E-state index in [0.29, 0.717) is 22.9 Å². The molecule has 1 N–H and O–H groups in total. The van der Waals surface area contributed by atoms with E-state index in [1.807, 2.05) is 43.5 Å². The van der Waals surface area contributed by atoms with Gasteiger partial charge in [-0.1, -0.05) is 18.2 Å². The third-order valence-electron chi connectivity index (χ3n) is 4.32. The van der Waals surface area contributed by atoms with Gasteiger partial charge in [0.2, 0.25) is 5.95 Å². The van der Waals surface area contributed by atoms with Crippen molar-refractivity contribution in [2.24, 2.45) is 0 Å². The van der Waals surface area contributed by atoms with Crippen LogP contribution < -0.4 is 10.1 Å². The van der Waals surface area contributed by atoms with Crippen LogP contribution in [0.1, 0.15) is 26.4 Å². The highest BCUT2D eigenvalue weighted by atomic mass is 32.1. The lowest BCUT2D eigenvalue weighted by Crippen LogP contribution is -2.13. The molecule has 0 aliphatic heterocycles. The Hall–Kier alpha value is -3.45. The van der Waals surface area contributed by atoms with Crippen LogP contribution in [0.25, 0.3) is 11.5 Å². The molecule has 1 amide bonds. The maximum atomic E-state index is 12.6. The van der Waals surface area contributed by atoms with Gasteiger partial charge in [-0.15, -0.1) is 11.3 Å². The lowest BCUT2D eigenvalue weighted by Gasteiger charge is -2.10. The number of nitrogens with one attached hydrogen (secondary N) is 1. The summed E-state index contributed by atoms with van der Waals surface area (Å²) in [6.07, 6.45) is 3.15. The Morgan fingerprint density at radius 1 is 1.17 bits per heavy atom. The summed E-state index contributed by atoms with van der Waals surface area (Å²) >= 11 is 1.36. The van der Waals surface area contributed by atoms with E-state index in [0.717, 1.165) is 22.4 Å². The average Bonchev–Trinajstić information content (AvgIpc) is 3.40.